The van der Waals surface area contributed by atoms with E-state index >= 15 is 0 Å². The third-order valence-corrected chi connectivity index (χ3v) is 4.12. The van der Waals surface area contributed by atoms with E-state index < -0.39 is 36.5 Å². The van der Waals surface area contributed by atoms with Crippen molar-refractivity contribution in [2.45, 2.75) is 38.3 Å². The molecule has 1 aliphatic heterocycles. The first-order valence-corrected chi connectivity index (χ1v) is 8.34. The van der Waals surface area contributed by atoms with E-state index in [9.17, 15) is 14.4 Å². The van der Waals surface area contributed by atoms with Gasteiger partial charge in [-0.05, 0) is 50.5 Å². The van der Waals surface area contributed by atoms with Crippen molar-refractivity contribution in [3.8, 4) is 11.8 Å². The van der Waals surface area contributed by atoms with Crippen LogP contribution in [0.2, 0.25) is 0 Å². The van der Waals surface area contributed by atoms with Gasteiger partial charge in [-0.25, -0.2) is 4.79 Å². The summed E-state index contributed by atoms with van der Waals surface area (Å²) in [6.07, 6.45) is 1.20. The van der Waals surface area contributed by atoms with Gasteiger partial charge in [0.15, 0.2) is 12.7 Å². The van der Waals surface area contributed by atoms with Crippen molar-refractivity contribution < 1.29 is 23.9 Å². The van der Waals surface area contributed by atoms with Crippen LogP contribution in [0.25, 0.3) is 0 Å². The van der Waals surface area contributed by atoms with Crippen molar-refractivity contribution in [2.75, 3.05) is 13.2 Å². The fourth-order valence-corrected chi connectivity index (χ4v) is 2.72. The van der Waals surface area contributed by atoms with Crippen molar-refractivity contribution >= 4 is 17.8 Å². The van der Waals surface area contributed by atoms with E-state index in [1.807, 2.05) is 6.07 Å². The van der Waals surface area contributed by atoms with Crippen LogP contribution in [0.4, 0.5) is 0 Å². The van der Waals surface area contributed by atoms with Gasteiger partial charge in [0.1, 0.15) is 11.8 Å². The van der Waals surface area contributed by atoms with Gasteiger partial charge in [-0.15, -0.1) is 0 Å². The van der Waals surface area contributed by atoms with Crippen molar-refractivity contribution in [2.24, 2.45) is 5.73 Å². The quantitative estimate of drug-likeness (QED) is 0.747. The lowest BCUT2D eigenvalue weighted by Crippen LogP contribution is -2.51. The zero-order valence-corrected chi connectivity index (χ0v) is 14.5. The second kappa shape index (κ2) is 8.85. The fourth-order valence-electron chi connectivity index (χ4n) is 2.72. The Morgan fingerprint density at radius 1 is 1.31 bits per heavy atom. The number of primary amides is 1. The Hall–Kier alpha value is -3.08. The number of benzene rings is 1. The molecular weight excluding hydrogens is 338 g/mol. The maximum absolute atomic E-state index is 12.2. The molecule has 8 nitrogen and oxygen atoms in total. The average Bonchev–Trinajstić information content (AvgIpc) is 2.66. The van der Waals surface area contributed by atoms with Crippen LogP contribution in [0.5, 0.6) is 5.75 Å². The molecule has 0 bridgehead atoms. The smallest absolute Gasteiger partial charge is 0.347 e. The summed E-state index contributed by atoms with van der Waals surface area (Å²) in [4.78, 5) is 37.1. The van der Waals surface area contributed by atoms with Gasteiger partial charge in [-0.1, -0.05) is 0 Å². The van der Waals surface area contributed by atoms with Crippen molar-refractivity contribution in [1.29, 1.82) is 5.26 Å². The standard InChI is InChI=1S/C18H21N3O5/c1-12(26-14-7-5-13(10-19)6-8-14)18(24)25-11-16(22)21-9-3-2-4-15(21)17(20)23/h5-8,12,15H,2-4,9,11H2,1H3,(H2,20,23)/t12-,15+/m1/s1. The Morgan fingerprint density at radius 2 is 2.00 bits per heavy atom. The number of ether oxygens (including phenoxy) is 2. The summed E-state index contributed by atoms with van der Waals surface area (Å²) < 4.78 is 10.4. The number of carbonyl (C=O) groups excluding carboxylic acids is 3. The first-order valence-electron chi connectivity index (χ1n) is 8.34. The largest absolute Gasteiger partial charge is 0.479 e. The van der Waals surface area contributed by atoms with Crippen LogP contribution in [0, 0.1) is 11.3 Å². The Balaban J connectivity index is 1.85. The lowest BCUT2D eigenvalue weighted by molar-refractivity contribution is -0.159. The number of carbonyl (C=O) groups is 3. The number of piperidine rings is 1. The van der Waals surface area contributed by atoms with Gasteiger partial charge in [0.05, 0.1) is 11.6 Å². The lowest BCUT2D eigenvalue weighted by Gasteiger charge is -2.33. The number of nitriles is 1. The molecule has 8 heteroatoms. The number of hydrogen-bond donors (Lipinski definition) is 1. The topological polar surface area (TPSA) is 123 Å². The van der Waals surface area contributed by atoms with E-state index in [0.717, 1.165) is 12.8 Å². The van der Waals surface area contributed by atoms with Crippen LogP contribution >= 0.6 is 0 Å². The molecule has 2 rings (SSSR count). The van der Waals surface area contributed by atoms with Crippen molar-refractivity contribution in [1.82, 2.24) is 4.90 Å². The van der Waals surface area contributed by atoms with Gasteiger partial charge >= 0.3 is 5.97 Å². The van der Waals surface area contributed by atoms with E-state index in [2.05, 4.69) is 0 Å². The van der Waals surface area contributed by atoms with Crippen molar-refractivity contribution in [3.63, 3.8) is 0 Å². The molecule has 1 aromatic carbocycles. The zero-order valence-electron chi connectivity index (χ0n) is 14.5. The van der Waals surface area contributed by atoms with Gasteiger partial charge in [0, 0.05) is 6.54 Å². The highest BCUT2D eigenvalue weighted by molar-refractivity contribution is 5.88. The molecule has 0 saturated carbocycles. The molecule has 1 fully saturated rings. The maximum atomic E-state index is 12.2. The monoisotopic (exact) mass is 359 g/mol. The number of amides is 2. The summed E-state index contributed by atoms with van der Waals surface area (Å²) in [7, 11) is 0. The number of esters is 1. The lowest BCUT2D eigenvalue weighted by atomic mass is 10.0. The zero-order chi connectivity index (χ0) is 19.1. The van der Waals surface area contributed by atoms with Crippen molar-refractivity contribution in [3.05, 3.63) is 29.8 Å². The molecule has 1 aliphatic rings. The molecule has 2 N–H and O–H groups in total. The fraction of sp³-hybridized carbons (Fsp3) is 0.444. The molecule has 0 spiro atoms. The van der Waals surface area contributed by atoms with Gasteiger partial charge in [0.2, 0.25) is 5.91 Å². The molecule has 138 valence electrons. The Morgan fingerprint density at radius 3 is 2.62 bits per heavy atom. The highest BCUT2D eigenvalue weighted by Crippen LogP contribution is 2.17. The minimum absolute atomic E-state index is 0.407. The van der Waals surface area contributed by atoms with Gasteiger partial charge in [-0.3, -0.25) is 9.59 Å². The minimum Gasteiger partial charge on any atom is -0.479 e. The molecule has 26 heavy (non-hydrogen) atoms. The SMILES string of the molecule is C[C@@H](Oc1ccc(C#N)cc1)C(=O)OCC(=O)N1CCCC[C@H]1C(N)=O. The predicted octanol–water partition coefficient (Wildman–Crippen LogP) is 0.735. The predicted molar refractivity (Wildman–Crippen MR) is 90.8 cm³/mol. The van der Waals surface area contributed by atoms with Crippen LogP contribution in [0.1, 0.15) is 31.7 Å². The summed E-state index contributed by atoms with van der Waals surface area (Å²) in [6.45, 7) is 1.45. The summed E-state index contributed by atoms with van der Waals surface area (Å²) in [5, 5.41) is 8.75. The van der Waals surface area contributed by atoms with E-state index in [1.54, 1.807) is 24.3 Å². The Bertz CT molecular complexity index is 711. The molecule has 0 unspecified atom stereocenters. The van der Waals surface area contributed by atoms with Crippen LogP contribution in [-0.2, 0) is 19.1 Å². The second-order valence-corrected chi connectivity index (χ2v) is 6.01. The molecule has 0 aromatic heterocycles. The number of likely N-dealkylation sites (tertiary alicyclic amines) is 1. The summed E-state index contributed by atoms with van der Waals surface area (Å²) in [6, 6.07) is 7.60. The maximum Gasteiger partial charge on any atom is 0.347 e. The molecule has 1 saturated heterocycles. The summed E-state index contributed by atoms with van der Waals surface area (Å²) in [5.41, 5.74) is 5.80. The molecule has 1 heterocycles. The molecule has 0 aliphatic carbocycles. The van der Waals surface area contributed by atoms with E-state index in [4.69, 9.17) is 20.5 Å². The molecular formula is C18H21N3O5. The third-order valence-electron chi connectivity index (χ3n) is 4.12. The van der Waals surface area contributed by atoms with Gasteiger partial charge in [0.25, 0.3) is 5.91 Å². The van der Waals surface area contributed by atoms with E-state index in [1.165, 1.54) is 11.8 Å². The van der Waals surface area contributed by atoms with Crippen LogP contribution in [-0.4, -0.2) is 48.0 Å². The van der Waals surface area contributed by atoms with E-state index in [-0.39, 0.29) is 0 Å². The minimum atomic E-state index is -0.927. The van der Waals surface area contributed by atoms with Gasteiger partial charge < -0.3 is 20.1 Å². The molecule has 1 aromatic rings. The Labute approximate surface area is 151 Å². The summed E-state index contributed by atoms with van der Waals surface area (Å²) in [5.74, 6) is -1.30. The molecule has 0 radical (unpaired) electrons. The van der Waals surface area contributed by atoms with Crippen LogP contribution < -0.4 is 10.5 Å². The number of nitrogens with two attached hydrogens (primary N) is 1. The van der Waals surface area contributed by atoms with Crippen LogP contribution in [0.3, 0.4) is 0 Å². The number of rotatable bonds is 6. The number of nitrogens with zero attached hydrogens (tertiary/aromatic N) is 2. The highest BCUT2D eigenvalue weighted by atomic mass is 16.6. The first kappa shape index (κ1) is 19.2. The Kier molecular flexibility index (Phi) is 6.55. The second-order valence-electron chi connectivity index (χ2n) is 6.01. The van der Waals surface area contributed by atoms with Crippen LogP contribution in [0.15, 0.2) is 24.3 Å². The average molecular weight is 359 g/mol. The summed E-state index contributed by atoms with van der Waals surface area (Å²) >= 11 is 0. The van der Waals surface area contributed by atoms with E-state index in [0.29, 0.717) is 24.3 Å². The number of hydrogen-bond acceptors (Lipinski definition) is 6. The third kappa shape index (κ3) is 4.96. The first-order chi connectivity index (χ1) is 12.4. The molecule has 2 amide bonds. The van der Waals surface area contributed by atoms with Gasteiger partial charge in [-0.2, -0.15) is 5.26 Å². The highest BCUT2D eigenvalue weighted by Gasteiger charge is 2.31. The normalized spacial score (nSPS) is 17.7. The molecule has 2 atom stereocenters.